The number of ether oxygens (including phenoxy) is 2. The Morgan fingerprint density at radius 2 is 2.34 bits per heavy atom. The maximum atomic E-state index is 9.40. The lowest BCUT2D eigenvalue weighted by atomic mass is 9.95. The van der Waals surface area contributed by atoms with Crippen LogP contribution in [0.2, 0.25) is 5.15 Å². The van der Waals surface area contributed by atoms with E-state index < -0.39 is 0 Å². The SMILES string of the molecule is Cc1ccc(C#N)c(SC2C[C@@H](N(N)/C=C(\N)c3nc(Cl)cs3)C3OCC3O2)c1. The van der Waals surface area contributed by atoms with Crippen molar-refractivity contribution in [2.45, 2.75) is 41.9 Å². The summed E-state index contributed by atoms with van der Waals surface area (Å²) in [6, 6.07) is 7.92. The lowest BCUT2D eigenvalue weighted by molar-refractivity contribution is -0.241. The van der Waals surface area contributed by atoms with Gasteiger partial charge in [-0.05, 0) is 24.6 Å². The van der Waals surface area contributed by atoms with Crippen molar-refractivity contribution >= 4 is 40.4 Å². The van der Waals surface area contributed by atoms with E-state index in [9.17, 15) is 5.26 Å². The number of benzene rings is 1. The molecule has 10 heteroatoms. The fourth-order valence-corrected chi connectivity index (χ4v) is 5.51. The topological polar surface area (TPSA) is 110 Å². The van der Waals surface area contributed by atoms with Crippen molar-refractivity contribution in [1.82, 2.24) is 9.99 Å². The van der Waals surface area contributed by atoms with Gasteiger partial charge in [0.2, 0.25) is 0 Å². The van der Waals surface area contributed by atoms with Crippen LogP contribution in [0.25, 0.3) is 5.70 Å². The Balaban J connectivity index is 1.51. The molecule has 2 aliphatic heterocycles. The third-order valence-electron chi connectivity index (χ3n) is 4.87. The molecule has 0 aliphatic carbocycles. The zero-order chi connectivity index (χ0) is 20.5. The Morgan fingerprint density at radius 3 is 3.00 bits per heavy atom. The first kappa shape index (κ1) is 20.5. The second-order valence-corrected chi connectivity index (χ2v) is 9.39. The molecule has 7 nitrogen and oxygen atoms in total. The molecule has 2 aliphatic rings. The van der Waals surface area contributed by atoms with Crippen LogP contribution in [0.4, 0.5) is 0 Å². The number of halogens is 1. The summed E-state index contributed by atoms with van der Waals surface area (Å²) in [6.07, 6.45) is 2.15. The van der Waals surface area contributed by atoms with Gasteiger partial charge in [-0.3, -0.25) is 0 Å². The molecule has 2 saturated heterocycles. The van der Waals surface area contributed by atoms with Crippen molar-refractivity contribution in [2.75, 3.05) is 6.61 Å². The molecule has 0 spiro atoms. The Morgan fingerprint density at radius 1 is 1.52 bits per heavy atom. The quantitative estimate of drug-likeness (QED) is 0.529. The van der Waals surface area contributed by atoms with Gasteiger partial charge in [-0.15, -0.1) is 11.3 Å². The van der Waals surface area contributed by atoms with E-state index in [-0.39, 0.29) is 23.7 Å². The van der Waals surface area contributed by atoms with E-state index in [2.05, 4.69) is 11.1 Å². The summed E-state index contributed by atoms with van der Waals surface area (Å²) in [7, 11) is 0. The molecule has 3 unspecified atom stereocenters. The fraction of sp³-hybridized carbons (Fsp3) is 0.368. The number of aromatic nitrogens is 1. The second kappa shape index (κ2) is 8.52. The van der Waals surface area contributed by atoms with Gasteiger partial charge in [0.05, 0.1) is 23.9 Å². The first-order chi connectivity index (χ1) is 13.9. The summed E-state index contributed by atoms with van der Waals surface area (Å²) in [4.78, 5) is 5.08. The Kier molecular flexibility index (Phi) is 6.01. The number of rotatable bonds is 5. The molecule has 1 aromatic heterocycles. The minimum Gasteiger partial charge on any atom is -0.395 e. The molecule has 0 amide bonds. The highest BCUT2D eigenvalue weighted by Gasteiger charge is 2.47. The van der Waals surface area contributed by atoms with Crippen molar-refractivity contribution in [3.63, 3.8) is 0 Å². The summed E-state index contributed by atoms with van der Waals surface area (Å²) >= 11 is 8.79. The van der Waals surface area contributed by atoms with Crippen LogP contribution >= 0.6 is 34.7 Å². The number of hydrogen-bond donors (Lipinski definition) is 2. The lowest BCUT2D eigenvalue weighted by Gasteiger charge is -2.50. The van der Waals surface area contributed by atoms with Crippen LogP contribution in [0.5, 0.6) is 0 Å². The van der Waals surface area contributed by atoms with Crippen molar-refractivity contribution in [3.05, 3.63) is 51.1 Å². The summed E-state index contributed by atoms with van der Waals surface area (Å²) in [5.74, 6) is 6.34. The molecule has 0 bridgehead atoms. The molecule has 152 valence electrons. The summed E-state index contributed by atoms with van der Waals surface area (Å²) in [5, 5.41) is 13.7. The van der Waals surface area contributed by atoms with Gasteiger partial charge in [0, 0.05) is 22.9 Å². The van der Waals surface area contributed by atoms with E-state index in [1.54, 1.807) is 28.4 Å². The fourth-order valence-electron chi connectivity index (χ4n) is 3.37. The number of nitrogens with zero attached hydrogens (tertiary/aromatic N) is 3. The van der Waals surface area contributed by atoms with Crippen molar-refractivity contribution in [1.29, 1.82) is 5.26 Å². The van der Waals surface area contributed by atoms with E-state index >= 15 is 0 Å². The van der Waals surface area contributed by atoms with E-state index in [0.717, 1.165) is 10.5 Å². The lowest BCUT2D eigenvalue weighted by Crippen LogP contribution is -2.64. The maximum Gasteiger partial charge on any atom is 0.142 e. The highest BCUT2D eigenvalue weighted by atomic mass is 35.5. The first-order valence-corrected chi connectivity index (χ1v) is 11.1. The van der Waals surface area contributed by atoms with E-state index in [0.29, 0.717) is 34.4 Å². The van der Waals surface area contributed by atoms with Crippen LogP contribution in [0, 0.1) is 18.3 Å². The van der Waals surface area contributed by atoms with Crippen LogP contribution in [0.15, 0.2) is 34.7 Å². The Labute approximate surface area is 182 Å². The van der Waals surface area contributed by atoms with E-state index in [4.69, 9.17) is 32.7 Å². The summed E-state index contributed by atoms with van der Waals surface area (Å²) < 4.78 is 11.9. The minimum absolute atomic E-state index is 0.0309. The monoisotopic (exact) mass is 449 g/mol. The van der Waals surface area contributed by atoms with Crippen molar-refractivity contribution in [3.8, 4) is 6.07 Å². The van der Waals surface area contributed by atoms with Gasteiger partial charge in [-0.1, -0.05) is 29.4 Å². The van der Waals surface area contributed by atoms with Crippen molar-refractivity contribution in [2.24, 2.45) is 11.6 Å². The first-order valence-electron chi connectivity index (χ1n) is 9.01. The number of nitriles is 1. The zero-order valence-corrected chi connectivity index (χ0v) is 18.0. The van der Waals surface area contributed by atoms with Crippen LogP contribution in [0.1, 0.15) is 22.6 Å². The third-order valence-corrected chi connectivity index (χ3v) is 7.24. The van der Waals surface area contributed by atoms with Gasteiger partial charge in [0.15, 0.2) is 0 Å². The molecule has 4 rings (SSSR count). The third kappa shape index (κ3) is 4.38. The molecule has 29 heavy (non-hydrogen) atoms. The van der Waals surface area contributed by atoms with Crippen LogP contribution < -0.4 is 11.6 Å². The minimum atomic E-state index is -0.144. The number of thioether (sulfide) groups is 1. The van der Waals surface area contributed by atoms with Crippen LogP contribution in [0.3, 0.4) is 0 Å². The molecule has 0 radical (unpaired) electrons. The van der Waals surface area contributed by atoms with Gasteiger partial charge in [-0.2, -0.15) is 5.26 Å². The second-order valence-electron chi connectivity index (χ2n) is 6.94. The zero-order valence-electron chi connectivity index (χ0n) is 15.6. The smallest absolute Gasteiger partial charge is 0.142 e. The molecule has 4 N–H and O–H groups in total. The Hall–Kier alpha value is -1.80. The average molecular weight is 450 g/mol. The number of hydrogen-bond acceptors (Lipinski definition) is 9. The van der Waals surface area contributed by atoms with Crippen LogP contribution in [-0.2, 0) is 9.47 Å². The molecule has 3 heterocycles. The standard InChI is InChI=1S/C19H20ClN5O2S2/c1-10-2-3-11(6-21)15(4-10)29-17-5-13(18-14(27-17)8-26-18)25(23)7-12(22)19-24-16(20)9-28-19/h2-4,7,9,13-14,17-18H,5,8,22-23H2,1H3/b12-7-/t13-,14?,17?,18?/m1/s1. The molecule has 0 saturated carbocycles. The molecule has 2 fully saturated rings. The number of aryl methyl sites for hydroxylation is 1. The van der Waals surface area contributed by atoms with Crippen LogP contribution in [-0.4, -0.2) is 40.3 Å². The summed E-state index contributed by atoms with van der Waals surface area (Å²) in [5.41, 5.74) is 8.18. The predicted molar refractivity (Wildman–Crippen MR) is 114 cm³/mol. The van der Waals surface area contributed by atoms with Gasteiger partial charge < -0.3 is 20.2 Å². The predicted octanol–water partition coefficient (Wildman–Crippen LogP) is 3.08. The Bertz CT molecular complexity index is 976. The average Bonchev–Trinajstić information content (AvgIpc) is 3.10. The van der Waals surface area contributed by atoms with Crippen molar-refractivity contribution < 1.29 is 9.47 Å². The summed E-state index contributed by atoms with van der Waals surface area (Å²) in [6.45, 7) is 2.54. The highest BCUT2D eigenvalue weighted by molar-refractivity contribution is 7.99. The number of thiazole rings is 1. The van der Waals surface area contributed by atoms with Gasteiger partial charge in [0.25, 0.3) is 0 Å². The van der Waals surface area contributed by atoms with E-state index in [1.807, 2.05) is 25.1 Å². The largest absolute Gasteiger partial charge is 0.395 e. The van der Waals surface area contributed by atoms with Gasteiger partial charge in [0.1, 0.15) is 33.9 Å². The number of nitrogens with two attached hydrogens (primary N) is 2. The number of fused-ring (bicyclic) bond motifs is 1. The van der Waals surface area contributed by atoms with E-state index in [1.165, 1.54) is 11.3 Å². The van der Waals surface area contributed by atoms with Gasteiger partial charge >= 0.3 is 0 Å². The molecule has 2 aromatic rings. The highest BCUT2D eigenvalue weighted by Crippen LogP contribution is 2.40. The molecular formula is C19H20ClN5O2S2. The molecule has 1 aromatic carbocycles. The van der Waals surface area contributed by atoms with Gasteiger partial charge in [-0.25, -0.2) is 10.8 Å². The number of hydrazine groups is 1. The normalized spacial score (nSPS) is 26.3. The molecule has 4 atom stereocenters. The maximum absolute atomic E-state index is 9.40. The molecular weight excluding hydrogens is 430 g/mol.